The van der Waals surface area contributed by atoms with E-state index in [1.54, 1.807) is 12.1 Å². The Bertz CT molecular complexity index is 681. The minimum Gasteiger partial charge on any atom is -0.491 e. The number of aliphatic hydroxyl groups is 1. The average molecular weight is 351 g/mol. The van der Waals surface area contributed by atoms with E-state index >= 15 is 0 Å². The summed E-state index contributed by atoms with van der Waals surface area (Å²) >= 11 is 5.97. The maximum Gasteiger partial charge on any atom is 0.150 e. The molecule has 0 saturated carbocycles. The fourth-order valence-corrected chi connectivity index (χ4v) is 3.08. The van der Waals surface area contributed by atoms with Gasteiger partial charge >= 0.3 is 0 Å². The van der Waals surface area contributed by atoms with Gasteiger partial charge in [-0.2, -0.15) is 0 Å². The molecule has 1 heterocycles. The molecule has 1 fully saturated rings. The third-order valence-corrected chi connectivity index (χ3v) is 4.34. The van der Waals surface area contributed by atoms with Crippen LogP contribution in [0.15, 0.2) is 42.5 Å². The van der Waals surface area contributed by atoms with Crippen molar-refractivity contribution in [3.8, 4) is 5.75 Å². The van der Waals surface area contributed by atoms with E-state index in [0.717, 1.165) is 18.7 Å². The van der Waals surface area contributed by atoms with Crippen molar-refractivity contribution in [2.24, 2.45) is 0 Å². The van der Waals surface area contributed by atoms with E-state index in [9.17, 15) is 4.39 Å². The summed E-state index contributed by atoms with van der Waals surface area (Å²) in [6.07, 6.45) is 0. The topological polar surface area (TPSA) is 44.7 Å². The lowest BCUT2D eigenvalue weighted by molar-refractivity contribution is 0.201. The Labute approximate surface area is 145 Å². The van der Waals surface area contributed by atoms with E-state index in [0.29, 0.717) is 23.0 Å². The van der Waals surface area contributed by atoms with Crippen LogP contribution in [0.1, 0.15) is 11.6 Å². The van der Waals surface area contributed by atoms with Crippen molar-refractivity contribution in [2.45, 2.75) is 6.04 Å². The SMILES string of the molecule is OCCOc1ccc(N2CCNC[C@H]2c2ccc(Cl)cc2)c(F)c1. The number of nitrogens with one attached hydrogen (secondary N) is 1. The molecule has 1 aliphatic heterocycles. The first-order valence-electron chi connectivity index (χ1n) is 7.95. The summed E-state index contributed by atoms with van der Waals surface area (Å²) in [7, 11) is 0. The van der Waals surface area contributed by atoms with Crippen LogP contribution in [0, 0.1) is 5.82 Å². The Morgan fingerprint density at radius 2 is 2.04 bits per heavy atom. The number of hydrogen-bond donors (Lipinski definition) is 2. The highest BCUT2D eigenvalue weighted by Crippen LogP contribution is 2.32. The largest absolute Gasteiger partial charge is 0.491 e. The number of nitrogens with zero attached hydrogens (tertiary/aromatic N) is 1. The normalized spacial score (nSPS) is 17.8. The lowest BCUT2D eigenvalue weighted by Crippen LogP contribution is -2.46. The molecule has 0 spiro atoms. The maximum atomic E-state index is 14.6. The molecule has 0 aromatic heterocycles. The summed E-state index contributed by atoms with van der Waals surface area (Å²) in [4.78, 5) is 2.06. The first kappa shape index (κ1) is 17.0. The minimum absolute atomic E-state index is 0.0368. The second-order valence-corrected chi connectivity index (χ2v) is 6.09. The van der Waals surface area contributed by atoms with Crippen molar-refractivity contribution < 1.29 is 14.2 Å². The molecular formula is C18H20ClFN2O2. The standard InChI is InChI=1S/C18H20ClFN2O2/c19-14-3-1-13(2-4-14)18-12-21-7-8-22(18)17-6-5-15(11-16(17)20)24-10-9-23/h1-6,11,18,21,23H,7-10,12H2/t18-/m0/s1. The van der Waals surface area contributed by atoms with Crippen molar-refractivity contribution >= 4 is 17.3 Å². The molecular weight excluding hydrogens is 331 g/mol. The zero-order valence-electron chi connectivity index (χ0n) is 13.2. The molecule has 0 bridgehead atoms. The summed E-state index contributed by atoms with van der Waals surface area (Å²) in [5.41, 5.74) is 1.64. The number of anilines is 1. The monoisotopic (exact) mass is 350 g/mol. The third-order valence-electron chi connectivity index (χ3n) is 4.09. The molecule has 2 aromatic carbocycles. The molecule has 4 nitrogen and oxygen atoms in total. The van der Waals surface area contributed by atoms with Gasteiger partial charge in [0.15, 0.2) is 0 Å². The van der Waals surface area contributed by atoms with Gasteiger partial charge in [0.05, 0.1) is 18.3 Å². The molecule has 2 N–H and O–H groups in total. The summed E-state index contributed by atoms with van der Waals surface area (Å²) in [6, 6.07) is 12.5. The van der Waals surface area contributed by atoms with Gasteiger partial charge in [0, 0.05) is 30.7 Å². The lowest BCUT2D eigenvalue weighted by atomic mass is 10.0. The molecule has 1 atom stereocenters. The first-order valence-corrected chi connectivity index (χ1v) is 8.33. The van der Waals surface area contributed by atoms with Crippen molar-refractivity contribution in [1.82, 2.24) is 5.32 Å². The minimum atomic E-state index is -0.327. The van der Waals surface area contributed by atoms with Crippen LogP contribution in [0.2, 0.25) is 5.02 Å². The Morgan fingerprint density at radius 3 is 2.75 bits per heavy atom. The van der Waals surface area contributed by atoms with Gasteiger partial charge in [0.2, 0.25) is 0 Å². The van der Waals surface area contributed by atoms with E-state index in [1.165, 1.54) is 6.07 Å². The molecule has 24 heavy (non-hydrogen) atoms. The van der Waals surface area contributed by atoms with Gasteiger partial charge in [0.1, 0.15) is 18.2 Å². The van der Waals surface area contributed by atoms with Crippen molar-refractivity contribution in [3.05, 3.63) is 58.9 Å². The quantitative estimate of drug-likeness (QED) is 0.870. The van der Waals surface area contributed by atoms with Gasteiger partial charge in [0.25, 0.3) is 0 Å². The molecule has 0 aliphatic carbocycles. The molecule has 0 radical (unpaired) electrons. The lowest BCUT2D eigenvalue weighted by Gasteiger charge is -2.38. The van der Waals surface area contributed by atoms with Crippen LogP contribution in [0.5, 0.6) is 5.75 Å². The smallest absolute Gasteiger partial charge is 0.150 e. The molecule has 0 unspecified atom stereocenters. The van der Waals surface area contributed by atoms with Crippen molar-refractivity contribution in [2.75, 3.05) is 37.7 Å². The number of halogens is 2. The molecule has 3 rings (SSSR count). The third kappa shape index (κ3) is 3.80. The van der Waals surface area contributed by atoms with Crippen LogP contribution in [-0.2, 0) is 0 Å². The van der Waals surface area contributed by atoms with Gasteiger partial charge < -0.3 is 20.1 Å². The summed E-state index contributed by atoms with van der Waals surface area (Å²) in [6.45, 7) is 2.30. The van der Waals surface area contributed by atoms with Crippen LogP contribution in [0.4, 0.5) is 10.1 Å². The van der Waals surface area contributed by atoms with Crippen molar-refractivity contribution in [3.63, 3.8) is 0 Å². The highest BCUT2D eigenvalue weighted by atomic mass is 35.5. The Hall–Kier alpha value is -1.82. The number of benzene rings is 2. The number of piperazine rings is 1. The molecule has 128 valence electrons. The van der Waals surface area contributed by atoms with Crippen LogP contribution in [0.3, 0.4) is 0 Å². The van der Waals surface area contributed by atoms with Crippen LogP contribution < -0.4 is 15.0 Å². The predicted octanol–water partition coefficient (Wildman–Crippen LogP) is 3.00. The number of ether oxygens (including phenoxy) is 1. The highest BCUT2D eigenvalue weighted by Gasteiger charge is 2.26. The fourth-order valence-electron chi connectivity index (χ4n) is 2.95. The molecule has 1 saturated heterocycles. The van der Waals surface area contributed by atoms with E-state index in [4.69, 9.17) is 21.4 Å². The average Bonchev–Trinajstić information content (AvgIpc) is 2.61. The summed E-state index contributed by atoms with van der Waals surface area (Å²) in [5, 5.41) is 12.8. The zero-order chi connectivity index (χ0) is 16.9. The number of hydrogen-bond acceptors (Lipinski definition) is 4. The molecule has 1 aliphatic rings. The number of aliphatic hydroxyl groups excluding tert-OH is 1. The Kier molecular flexibility index (Phi) is 5.56. The summed E-state index contributed by atoms with van der Waals surface area (Å²) in [5.74, 6) is 0.0924. The van der Waals surface area contributed by atoms with Crippen LogP contribution >= 0.6 is 11.6 Å². The molecule has 2 aromatic rings. The van der Waals surface area contributed by atoms with Gasteiger partial charge in [-0.3, -0.25) is 0 Å². The maximum absolute atomic E-state index is 14.6. The van der Waals surface area contributed by atoms with E-state index in [2.05, 4.69) is 10.2 Å². The van der Waals surface area contributed by atoms with Gasteiger partial charge in [-0.15, -0.1) is 0 Å². The second kappa shape index (κ2) is 7.83. The predicted molar refractivity (Wildman–Crippen MR) is 93.4 cm³/mol. The van der Waals surface area contributed by atoms with Crippen LogP contribution in [-0.4, -0.2) is 38.0 Å². The van der Waals surface area contributed by atoms with E-state index < -0.39 is 0 Å². The highest BCUT2D eigenvalue weighted by molar-refractivity contribution is 6.30. The zero-order valence-corrected chi connectivity index (χ0v) is 14.0. The summed E-state index contributed by atoms with van der Waals surface area (Å²) < 4.78 is 19.9. The second-order valence-electron chi connectivity index (χ2n) is 5.65. The molecule has 0 amide bonds. The first-order chi connectivity index (χ1) is 11.7. The molecule has 6 heteroatoms. The fraction of sp³-hybridized carbons (Fsp3) is 0.333. The van der Waals surface area contributed by atoms with Crippen LogP contribution in [0.25, 0.3) is 0 Å². The number of rotatable bonds is 5. The van der Waals surface area contributed by atoms with Gasteiger partial charge in [-0.05, 0) is 29.8 Å². The van der Waals surface area contributed by atoms with E-state index in [1.807, 2.05) is 24.3 Å². The van der Waals surface area contributed by atoms with Crippen molar-refractivity contribution in [1.29, 1.82) is 0 Å². The van der Waals surface area contributed by atoms with E-state index in [-0.39, 0.29) is 25.1 Å². The Balaban J connectivity index is 1.86. The Morgan fingerprint density at radius 1 is 1.25 bits per heavy atom. The van der Waals surface area contributed by atoms with Gasteiger partial charge in [-0.25, -0.2) is 4.39 Å². The van der Waals surface area contributed by atoms with Gasteiger partial charge in [-0.1, -0.05) is 23.7 Å².